The average Bonchev–Trinajstić information content (AvgIpc) is 3.11. The molecule has 3 rings (SSSR count). The number of ether oxygens (including phenoxy) is 3. The number of likely N-dealkylation sites (tertiary alicyclic amines) is 1. The van der Waals surface area contributed by atoms with Crippen LogP contribution >= 0.6 is 0 Å². The minimum Gasteiger partial charge on any atom is -0.497 e. The topological polar surface area (TPSA) is 85.3 Å². The van der Waals surface area contributed by atoms with Crippen molar-refractivity contribution in [3.8, 4) is 17.2 Å². The van der Waals surface area contributed by atoms with Crippen molar-refractivity contribution in [3.05, 3.63) is 54.1 Å². The number of aliphatic carboxylic acids is 1. The molecule has 29 heavy (non-hydrogen) atoms. The molecule has 1 fully saturated rings. The molecule has 2 aromatic carbocycles. The van der Waals surface area contributed by atoms with E-state index in [1.54, 1.807) is 12.0 Å². The summed E-state index contributed by atoms with van der Waals surface area (Å²) in [4.78, 5) is 24.6. The summed E-state index contributed by atoms with van der Waals surface area (Å²) in [6, 6.07) is 15.1. The number of hydrogen-bond acceptors (Lipinski definition) is 5. The number of methoxy groups -OCH3 is 1. The molecule has 154 valence electrons. The molecule has 2 aromatic rings. The van der Waals surface area contributed by atoms with Gasteiger partial charge in [0.2, 0.25) is 5.91 Å². The number of carboxylic acids is 1. The number of nitrogens with zero attached hydrogens (tertiary/aromatic N) is 1. The summed E-state index contributed by atoms with van der Waals surface area (Å²) in [5, 5.41) is 9.06. The van der Waals surface area contributed by atoms with Crippen molar-refractivity contribution in [3.63, 3.8) is 0 Å². The summed E-state index contributed by atoms with van der Waals surface area (Å²) in [5.41, 5.74) is 1.03. The van der Waals surface area contributed by atoms with Crippen molar-refractivity contribution >= 4 is 11.9 Å². The van der Waals surface area contributed by atoms with Gasteiger partial charge in [-0.3, -0.25) is 9.59 Å². The van der Waals surface area contributed by atoms with Crippen LogP contribution < -0.4 is 14.2 Å². The molecule has 0 saturated carbocycles. The Labute approximate surface area is 169 Å². The molecule has 1 aliphatic heterocycles. The average molecular weight is 399 g/mol. The maximum atomic E-state index is 11.9. The quantitative estimate of drug-likeness (QED) is 0.618. The number of hydrogen-bond donors (Lipinski definition) is 1. The lowest BCUT2D eigenvalue weighted by Crippen LogP contribution is -2.28. The molecular weight excluding hydrogens is 374 g/mol. The maximum absolute atomic E-state index is 11.9. The number of carboxylic acid groups (broad SMARTS) is 1. The molecule has 0 bridgehead atoms. The number of benzene rings is 2. The Morgan fingerprint density at radius 3 is 2.38 bits per heavy atom. The number of rotatable bonds is 10. The lowest BCUT2D eigenvalue weighted by atomic mass is 10.1. The first-order valence-corrected chi connectivity index (χ1v) is 9.54. The van der Waals surface area contributed by atoms with E-state index in [0.717, 1.165) is 22.8 Å². The van der Waals surface area contributed by atoms with Crippen molar-refractivity contribution in [2.24, 2.45) is 5.92 Å². The van der Waals surface area contributed by atoms with Crippen LogP contribution in [0.4, 0.5) is 0 Å². The molecule has 1 saturated heterocycles. The van der Waals surface area contributed by atoms with Crippen molar-refractivity contribution in [2.75, 3.05) is 33.4 Å². The smallest absolute Gasteiger partial charge is 0.308 e. The second-order valence-electron chi connectivity index (χ2n) is 6.85. The summed E-state index contributed by atoms with van der Waals surface area (Å²) in [6.45, 7) is 1.58. The molecular formula is C22H25NO6. The summed E-state index contributed by atoms with van der Waals surface area (Å²) in [7, 11) is 1.61. The van der Waals surface area contributed by atoms with Crippen molar-refractivity contribution < 1.29 is 28.9 Å². The normalized spacial score (nSPS) is 16.0. The molecule has 0 aliphatic carbocycles. The predicted octanol–water partition coefficient (Wildman–Crippen LogP) is 2.63. The van der Waals surface area contributed by atoms with E-state index in [-0.39, 0.29) is 18.9 Å². The predicted molar refractivity (Wildman–Crippen MR) is 106 cm³/mol. The SMILES string of the molecule is COc1cccc(OCCOc2cccc(CCN3CC(C(=O)O)CC3=O)c2)c1. The van der Waals surface area contributed by atoms with Gasteiger partial charge < -0.3 is 24.2 Å². The minimum atomic E-state index is -0.910. The van der Waals surface area contributed by atoms with E-state index < -0.39 is 11.9 Å². The van der Waals surface area contributed by atoms with Crippen LogP contribution in [0.2, 0.25) is 0 Å². The van der Waals surface area contributed by atoms with Gasteiger partial charge >= 0.3 is 5.97 Å². The van der Waals surface area contributed by atoms with Gasteiger partial charge in [-0.25, -0.2) is 0 Å². The van der Waals surface area contributed by atoms with Crippen molar-refractivity contribution in [1.82, 2.24) is 4.90 Å². The fraction of sp³-hybridized carbons (Fsp3) is 0.364. The van der Waals surface area contributed by atoms with E-state index in [9.17, 15) is 9.59 Å². The van der Waals surface area contributed by atoms with E-state index in [4.69, 9.17) is 19.3 Å². The third-order valence-corrected chi connectivity index (χ3v) is 4.79. The molecule has 1 atom stereocenters. The Kier molecular flexibility index (Phi) is 6.94. The van der Waals surface area contributed by atoms with Gasteiger partial charge in [-0.1, -0.05) is 18.2 Å². The molecule has 0 radical (unpaired) electrons. The van der Waals surface area contributed by atoms with Crippen LogP contribution in [0.5, 0.6) is 17.2 Å². The Morgan fingerprint density at radius 2 is 1.72 bits per heavy atom. The van der Waals surface area contributed by atoms with Crippen LogP contribution in [0.25, 0.3) is 0 Å². The molecule has 1 N–H and O–H groups in total. The fourth-order valence-electron chi connectivity index (χ4n) is 3.22. The fourth-order valence-corrected chi connectivity index (χ4v) is 3.22. The van der Waals surface area contributed by atoms with Crippen LogP contribution in [-0.4, -0.2) is 55.3 Å². The van der Waals surface area contributed by atoms with E-state index in [0.29, 0.717) is 26.2 Å². The second-order valence-corrected chi connectivity index (χ2v) is 6.85. The monoisotopic (exact) mass is 399 g/mol. The molecule has 1 unspecified atom stereocenters. The number of amides is 1. The molecule has 7 heteroatoms. The van der Waals surface area contributed by atoms with Crippen molar-refractivity contribution in [1.29, 1.82) is 0 Å². The zero-order valence-electron chi connectivity index (χ0n) is 16.4. The highest BCUT2D eigenvalue weighted by Gasteiger charge is 2.33. The highest BCUT2D eigenvalue weighted by molar-refractivity contribution is 5.86. The molecule has 1 aliphatic rings. The lowest BCUT2D eigenvalue weighted by Gasteiger charge is -2.16. The first kappa shape index (κ1) is 20.5. The van der Waals surface area contributed by atoms with E-state index >= 15 is 0 Å². The van der Waals surface area contributed by atoms with E-state index in [1.165, 1.54) is 0 Å². The maximum Gasteiger partial charge on any atom is 0.308 e. The zero-order valence-corrected chi connectivity index (χ0v) is 16.4. The zero-order chi connectivity index (χ0) is 20.6. The van der Waals surface area contributed by atoms with Gasteiger partial charge in [-0.05, 0) is 36.2 Å². The van der Waals surface area contributed by atoms with Gasteiger partial charge in [0.25, 0.3) is 0 Å². The van der Waals surface area contributed by atoms with E-state index in [1.807, 2.05) is 48.5 Å². The Hall–Kier alpha value is -3.22. The highest BCUT2D eigenvalue weighted by Crippen LogP contribution is 2.20. The largest absolute Gasteiger partial charge is 0.497 e. The third-order valence-electron chi connectivity index (χ3n) is 4.79. The van der Waals surface area contributed by atoms with Crippen LogP contribution in [0, 0.1) is 5.92 Å². The van der Waals surface area contributed by atoms with Crippen LogP contribution in [0.1, 0.15) is 12.0 Å². The van der Waals surface area contributed by atoms with Gasteiger partial charge in [0.15, 0.2) is 0 Å². The highest BCUT2D eigenvalue weighted by atomic mass is 16.5. The molecule has 0 aromatic heterocycles. The second kappa shape index (κ2) is 9.82. The third kappa shape index (κ3) is 5.88. The summed E-state index contributed by atoms with van der Waals surface area (Å²) in [6.07, 6.45) is 0.737. The standard InChI is InChI=1S/C22H25NO6/c1-27-18-5-3-7-20(14-18)29-11-10-28-19-6-2-4-16(12-19)8-9-23-15-17(22(25)26)13-21(23)24/h2-7,12,14,17H,8-11,13,15H2,1H3,(H,25,26). The van der Waals surface area contributed by atoms with Gasteiger partial charge in [0, 0.05) is 25.6 Å². The molecule has 1 amide bonds. The van der Waals surface area contributed by atoms with Gasteiger partial charge in [-0.15, -0.1) is 0 Å². The summed E-state index contributed by atoms with van der Waals surface area (Å²) < 4.78 is 16.6. The first-order valence-electron chi connectivity index (χ1n) is 9.54. The molecule has 1 heterocycles. The van der Waals surface area contributed by atoms with Crippen LogP contribution in [-0.2, 0) is 16.0 Å². The van der Waals surface area contributed by atoms with E-state index in [2.05, 4.69) is 0 Å². The van der Waals surface area contributed by atoms with Gasteiger partial charge in [0.05, 0.1) is 13.0 Å². The van der Waals surface area contributed by atoms with Gasteiger partial charge in [0.1, 0.15) is 30.5 Å². The summed E-state index contributed by atoms with van der Waals surface area (Å²) >= 11 is 0. The molecule has 0 spiro atoms. The molecule has 7 nitrogen and oxygen atoms in total. The van der Waals surface area contributed by atoms with Crippen molar-refractivity contribution in [2.45, 2.75) is 12.8 Å². The minimum absolute atomic E-state index is 0.0891. The van der Waals surface area contributed by atoms with Gasteiger partial charge in [-0.2, -0.15) is 0 Å². The first-order chi connectivity index (χ1) is 14.0. The number of carbonyl (C=O) groups excluding carboxylic acids is 1. The summed E-state index contributed by atoms with van der Waals surface area (Å²) in [5.74, 6) is 0.584. The Bertz CT molecular complexity index is 853. The Morgan fingerprint density at radius 1 is 1.07 bits per heavy atom. The van der Waals surface area contributed by atoms with Crippen LogP contribution in [0.3, 0.4) is 0 Å². The Balaban J connectivity index is 1.43. The lowest BCUT2D eigenvalue weighted by molar-refractivity contribution is -0.141. The van der Waals surface area contributed by atoms with Crippen LogP contribution in [0.15, 0.2) is 48.5 Å². The number of carbonyl (C=O) groups is 2.